The lowest BCUT2D eigenvalue weighted by Crippen LogP contribution is -2.46. The van der Waals surface area contributed by atoms with Crippen molar-refractivity contribution in [1.82, 2.24) is 5.32 Å². The topological polar surface area (TPSA) is 47.6 Å². The van der Waals surface area contributed by atoms with Gasteiger partial charge >= 0.3 is 5.97 Å². The van der Waals surface area contributed by atoms with Crippen LogP contribution in [0.5, 0.6) is 5.75 Å². The van der Waals surface area contributed by atoms with Gasteiger partial charge in [-0.1, -0.05) is 18.6 Å². The minimum absolute atomic E-state index is 0.147. The Kier molecular flexibility index (Phi) is 4.65. The molecule has 0 amide bonds. The van der Waals surface area contributed by atoms with Crippen LogP contribution in [-0.4, -0.2) is 33.3 Å². The normalized spacial score (nSPS) is 26.1. The predicted molar refractivity (Wildman–Crippen MR) is 78.0 cm³/mol. The lowest BCUT2D eigenvalue weighted by molar-refractivity contribution is -0.149. The smallest absolute Gasteiger partial charge is 0.316 e. The average molecular weight is 277 g/mol. The van der Waals surface area contributed by atoms with E-state index in [0.717, 1.165) is 37.0 Å². The van der Waals surface area contributed by atoms with Crippen LogP contribution in [0.1, 0.15) is 31.2 Å². The van der Waals surface area contributed by atoms with Gasteiger partial charge in [-0.25, -0.2) is 0 Å². The summed E-state index contributed by atoms with van der Waals surface area (Å²) in [6.45, 7) is 0. The number of esters is 1. The molecule has 4 heteroatoms. The molecule has 110 valence electrons. The maximum atomic E-state index is 12.5. The van der Waals surface area contributed by atoms with E-state index in [1.54, 1.807) is 7.11 Å². The Hall–Kier alpha value is -1.55. The molecule has 1 aromatic carbocycles. The Balaban J connectivity index is 2.43. The van der Waals surface area contributed by atoms with Gasteiger partial charge in [0.05, 0.1) is 19.6 Å². The summed E-state index contributed by atoms with van der Waals surface area (Å²) in [4.78, 5) is 12.5. The van der Waals surface area contributed by atoms with Crippen molar-refractivity contribution >= 4 is 5.97 Å². The standard InChI is InChI=1S/C16H23NO3/c1-17-13-7-5-9-16(11-13,15(18)20-3)12-6-4-8-14(10-12)19-2/h4,6,8,10,13,17H,5,7,9,11H2,1-3H3. The van der Waals surface area contributed by atoms with E-state index in [-0.39, 0.29) is 5.97 Å². The number of carbonyl (C=O) groups excluding carboxylic acids is 1. The Morgan fingerprint density at radius 1 is 1.40 bits per heavy atom. The molecule has 0 bridgehead atoms. The summed E-state index contributed by atoms with van der Waals surface area (Å²) >= 11 is 0. The summed E-state index contributed by atoms with van der Waals surface area (Å²) < 4.78 is 10.4. The third-order valence-electron chi connectivity index (χ3n) is 4.36. The highest BCUT2D eigenvalue weighted by Crippen LogP contribution is 2.41. The molecule has 0 saturated heterocycles. The van der Waals surface area contributed by atoms with Gasteiger partial charge in [0.15, 0.2) is 0 Å². The molecule has 1 fully saturated rings. The first-order valence-electron chi connectivity index (χ1n) is 7.06. The van der Waals surface area contributed by atoms with Crippen LogP contribution in [0.2, 0.25) is 0 Å². The summed E-state index contributed by atoms with van der Waals surface area (Å²) in [5, 5.41) is 3.30. The van der Waals surface area contributed by atoms with E-state index in [1.807, 2.05) is 31.3 Å². The Labute approximate surface area is 120 Å². The first-order valence-corrected chi connectivity index (χ1v) is 7.06. The van der Waals surface area contributed by atoms with E-state index in [1.165, 1.54) is 7.11 Å². The van der Waals surface area contributed by atoms with Crippen LogP contribution in [-0.2, 0) is 14.9 Å². The van der Waals surface area contributed by atoms with Gasteiger partial charge in [0, 0.05) is 6.04 Å². The zero-order chi connectivity index (χ0) is 14.6. The van der Waals surface area contributed by atoms with Crippen molar-refractivity contribution in [2.45, 2.75) is 37.1 Å². The van der Waals surface area contributed by atoms with Crippen molar-refractivity contribution in [3.8, 4) is 5.75 Å². The average Bonchev–Trinajstić information content (AvgIpc) is 2.53. The van der Waals surface area contributed by atoms with E-state index >= 15 is 0 Å². The minimum Gasteiger partial charge on any atom is -0.497 e. The second-order valence-corrected chi connectivity index (χ2v) is 5.39. The molecule has 0 radical (unpaired) electrons. The zero-order valence-electron chi connectivity index (χ0n) is 12.4. The van der Waals surface area contributed by atoms with Crippen LogP contribution in [0.4, 0.5) is 0 Å². The summed E-state index contributed by atoms with van der Waals surface area (Å²) in [5.74, 6) is 0.628. The van der Waals surface area contributed by atoms with Crippen LogP contribution in [0.15, 0.2) is 24.3 Å². The molecule has 2 atom stereocenters. The molecule has 2 rings (SSSR count). The summed E-state index contributed by atoms with van der Waals surface area (Å²) in [5.41, 5.74) is 0.429. The lowest BCUT2D eigenvalue weighted by atomic mass is 9.67. The van der Waals surface area contributed by atoms with E-state index in [4.69, 9.17) is 9.47 Å². The fourth-order valence-corrected chi connectivity index (χ4v) is 3.20. The number of benzene rings is 1. The first kappa shape index (κ1) is 14.9. The van der Waals surface area contributed by atoms with Crippen molar-refractivity contribution < 1.29 is 14.3 Å². The van der Waals surface area contributed by atoms with E-state index in [2.05, 4.69) is 5.32 Å². The molecule has 1 aliphatic carbocycles. The fraction of sp³-hybridized carbons (Fsp3) is 0.562. The molecule has 0 spiro atoms. The van der Waals surface area contributed by atoms with Crippen LogP contribution >= 0.6 is 0 Å². The van der Waals surface area contributed by atoms with Crippen molar-refractivity contribution in [3.05, 3.63) is 29.8 Å². The van der Waals surface area contributed by atoms with Gasteiger partial charge in [0.2, 0.25) is 0 Å². The largest absolute Gasteiger partial charge is 0.497 e. The lowest BCUT2D eigenvalue weighted by Gasteiger charge is -2.39. The number of hydrogen-bond acceptors (Lipinski definition) is 4. The van der Waals surface area contributed by atoms with Gasteiger partial charge in [0.1, 0.15) is 5.75 Å². The Morgan fingerprint density at radius 2 is 2.20 bits per heavy atom. The first-order chi connectivity index (χ1) is 9.66. The van der Waals surface area contributed by atoms with Gasteiger partial charge in [-0.15, -0.1) is 0 Å². The Morgan fingerprint density at radius 3 is 2.85 bits per heavy atom. The summed E-state index contributed by atoms with van der Waals surface area (Å²) in [6.07, 6.45) is 3.70. The zero-order valence-corrected chi connectivity index (χ0v) is 12.4. The fourth-order valence-electron chi connectivity index (χ4n) is 3.20. The molecule has 1 aromatic rings. The van der Waals surface area contributed by atoms with Gasteiger partial charge in [-0.3, -0.25) is 4.79 Å². The maximum absolute atomic E-state index is 12.5. The van der Waals surface area contributed by atoms with E-state index < -0.39 is 5.41 Å². The number of methoxy groups -OCH3 is 2. The second kappa shape index (κ2) is 6.27. The summed E-state index contributed by atoms with van der Waals surface area (Å²) in [6, 6.07) is 8.12. The maximum Gasteiger partial charge on any atom is 0.316 e. The third-order valence-corrected chi connectivity index (χ3v) is 4.36. The van der Waals surface area contributed by atoms with Crippen LogP contribution in [0.25, 0.3) is 0 Å². The van der Waals surface area contributed by atoms with Crippen LogP contribution < -0.4 is 10.1 Å². The number of carbonyl (C=O) groups is 1. The van der Waals surface area contributed by atoms with Crippen LogP contribution in [0, 0.1) is 0 Å². The predicted octanol–water partition coefficient (Wildman–Crippen LogP) is 2.27. The second-order valence-electron chi connectivity index (χ2n) is 5.39. The van der Waals surface area contributed by atoms with Crippen molar-refractivity contribution in [2.24, 2.45) is 0 Å². The van der Waals surface area contributed by atoms with Crippen molar-refractivity contribution in [1.29, 1.82) is 0 Å². The molecular formula is C16H23NO3. The molecular weight excluding hydrogens is 254 g/mol. The molecule has 0 heterocycles. The highest BCUT2D eigenvalue weighted by Gasteiger charge is 2.45. The molecule has 4 nitrogen and oxygen atoms in total. The molecule has 20 heavy (non-hydrogen) atoms. The molecule has 1 aliphatic rings. The minimum atomic E-state index is -0.560. The van der Waals surface area contributed by atoms with E-state index in [0.29, 0.717) is 6.04 Å². The third kappa shape index (κ3) is 2.66. The number of hydrogen-bond donors (Lipinski definition) is 1. The summed E-state index contributed by atoms with van der Waals surface area (Å²) in [7, 11) is 5.05. The number of nitrogens with one attached hydrogen (secondary N) is 1. The molecule has 1 N–H and O–H groups in total. The van der Waals surface area contributed by atoms with Gasteiger partial charge < -0.3 is 14.8 Å². The van der Waals surface area contributed by atoms with Gasteiger partial charge in [0.25, 0.3) is 0 Å². The number of rotatable bonds is 4. The van der Waals surface area contributed by atoms with Gasteiger partial charge in [-0.05, 0) is 44.0 Å². The molecule has 0 aliphatic heterocycles. The quantitative estimate of drug-likeness (QED) is 0.858. The van der Waals surface area contributed by atoms with Crippen LogP contribution in [0.3, 0.4) is 0 Å². The SMILES string of the molecule is CNC1CCCC(C(=O)OC)(c2cccc(OC)c2)C1. The highest BCUT2D eigenvalue weighted by atomic mass is 16.5. The highest BCUT2D eigenvalue weighted by molar-refractivity contribution is 5.83. The molecule has 1 saturated carbocycles. The molecule has 2 unspecified atom stereocenters. The Bertz CT molecular complexity index is 475. The monoisotopic (exact) mass is 277 g/mol. The van der Waals surface area contributed by atoms with Gasteiger partial charge in [-0.2, -0.15) is 0 Å². The van der Waals surface area contributed by atoms with E-state index in [9.17, 15) is 4.79 Å². The molecule has 0 aromatic heterocycles. The van der Waals surface area contributed by atoms with Crippen molar-refractivity contribution in [3.63, 3.8) is 0 Å². The number of ether oxygens (including phenoxy) is 2. The van der Waals surface area contributed by atoms with Crippen molar-refractivity contribution in [2.75, 3.05) is 21.3 Å².